The fourth-order valence-electron chi connectivity index (χ4n) is 3.97. The van der Waals surface area contributed by atoms with Gasteiger partial charge in [0, 0.05) is 28.6 Å². The third kappa shape index (κ3) is 3.24. The summed E-state index contributed by atoms with van der Waals surface area (Å²) in [5.41, 5.74) is 5.01. The van der Waals surface area contributed by atoms with Crippen molar-refractivity contribution in [1.82, 2.24) is 19.9 Å². The first-order chi connectivity index (χ1) is 13.3. The minimum Gasteiger partial charge on any atom is -0.260 e. The third-order valence-electron chi connectivity index (χ3n) is 5.27. The molecule has 0 aliphatic carbocycles. The van der Waals surface area contributed by atoms with Crippen molar-refractivity contribution in [3.8, 4) is 0 Å². The van der Waals surface area contributed by atoms with Gasteiger partial charge in [-0.3, -0.25) is 9.97 Å². The Kier molecular flexibility index (Phi) is 4.37. The summed E-state index contributed by atoms with van der Waals surface area (Å²) in [6.07, 6.45) is 6.25. The van der Waals surface area contributed by atoms with Gasteiger partial charge in [0.1, 0.15) is 11.8 Å². The molecule has 28 heavy (non-hydrogen) atoms. The van der Waals surface area contributed by atoms with Gasteiger partial charge in [0.25, 0.3) is 0 Å². The second-order valence-electron chi connectivity index (χ2n) is 9.08. The van der Waals surface area contributed by atoms with Crippen molar-refractivity contribution in [2.75, 3.05) is 0 Å². The van der Waals surface area contributed by atoms with Gasteiger partial charge >= 0.3 is 0 Å². The molecule has 0 aliphatic rings. The molecule has 4 rings (SSSR count). The average molecular weight is 371 g/mol. The second kappa shape index (κ2) is 6.62. The van der Waals surface area contributed by atoms with Crippen LogP contribution in [0.2, 0.25) is 0 Å². The van der Waals surface area contributed by atoms with E-state index in [9.17, 15) is 0 Å². The van der Waals surface area contributed by atoms with Crippen LogP contribution < -0.4 is 0 Å². The van der Waals surface area contributed by atoms with E-state index < -0.39 is 0 Å². The molecule has 0 saturated carbocycles. The first-order valence-electron chi connectivity index (χ1n) is 9.71. The molecular formula is C24H26N4. The summed E-state index contributed by atoms with van der Waals surface area (Å²) in [4.78, 5) is 18.2. The fourth-order valence-corrected chi connectivity index (χ4v) is 3.97. The Morgan fingerprint density at radius 3 is 2.32 bits per heavy atom. The summed E-state index contributed by atoms with van der Waals surface area (Å²) in [7, 11) is 0. The van der Waals surface area contributed by atoms with Gasteiger partial charge in [-0.1, -0.05) is 52.8 Å². The van der Waals surface area contributed by atoms with E-state index in [1.807, 2.05) is 24.5 Å². The first kappa shape index (κ1) is 18.5. The topological polar surface area (TPSA) is 51.6 Å². The van der Waals surface area contributed by atoms with Crippen molar-refractivity contribution in [2.45, 2.75) is 51.9 Å². The molecule has 4 aromatic rings. The Morgan fingerprint density at radius 2 is 1.54 bits per heavy atom. The number of fused-ring (bicyclic) bond motifs is 2. The van der Waals surface area contributed by atoms with Gasteiger partial charge in [0.05, 0.1) is 16.9 Å². The largest absolute Gasteiger partial charge is 0.260 e. The molecule has 4 nitrogen and oxygen atoms in total. The Morgan fingerprint density at radius 1 is 0.714 bits per heavy atom. The Balaban J connectivity index is 1.83. The molecule has 1 aromatic carbocycles. The predicted molar refractivity (Wildman–Crippen MR) is 115 cm³/mol. The molecule has 0 aliphatic heterocycles. The zero-order valence-corrected chi connectivity index (χ0v) is 17.2. The van der Waals surface area contributed by atoms with Gasteiger partial charge in [-0.15, -0.1) is 0 Å². The third-order valence-corrected chi connectivity index (χ3v) is 5.27. The van der Waals surface area contributed by atoms with E-state index in [1.165, 1.54) is 16.3 Å². The van der Waals surface area contributed by atoms with Crippen LogP contribution in [0.3, 0.4) is 0 Å². The van der Waals surface area contributed by atoms with Crippen LogP contribution in [-0.4, -0.2) is 19.9 Å². The molecule has 3 aromatic heterocycles. The number of benzene rings is 1. The van der Waals surface area contributed by atoms with Crippen LogP contribution in [0.15, 0.2) is 55.1 Å². The van der Waals surface area contributed by atoms with E-state index in [0.717, 1.165) is 28.8 Å². The van der Waals surface area contributed by atoms with E-state index in [2.05, 4.69) is 78.8 Å². The molecular weight excluding hydrogens is 344 g/mol. The molecule has 0 atom stereocenters. The summed E-state index contributed by atoms with van der Waals surface area (Å²) >= 11 is 0. The van der Waals surface area contributed by atoms with Crippen LogP contribution in [0.25, 0.3) is 21.8 Å². The van der Waals surface area contributed by atoms with Crippen molar-refractivity contribution in [2.24, 2.45) is 0 Å². The summed E-state index contributed by atoms with van der Waals surface area (Å²) in [6.45, 7) is 11.1. The van der Waals surface area contributed by atoms with Crippen molar-refractivity contribution in [3.63, 3.8) is 0 Å². The maximum atomic E-state index is 4.68. The maximum Gasteiger partial charge on any atom is 0.116 e. The van der Waals surface area contributed by atoms with Crippen LogP contribution >= 0.6 is 0 Å². The molecule has 142 valence electrons. The van der Waals surface area contributed by atoms with Crippen molar-refractivity contribution in [1.29, 1.82) is 0 Å². The van der Waals surface area contributed by atoms with Gasteiger partial charge in [0.15, 0.2) is 0 Å². The van der Waals surface area contributed by atoms with Crippen LogP contribution in [-0.2, 0) is 17.3 Å². The minimum absolute atomic E-state index is 0.000425. The van der Waals surface area contributed by atoms with Crippen LogP contribution in [0.1, 0.15) is 51.6 Å². The zero-order chi connectivity index (χ0) is 19.9. The lowest BCUT2D eigenvalue weighted by Gasteiger charge is -2.26. The Hall–Kier alpha value is -2.88. The number of pyridine rings is 2. The molecule has 3 heterocycles. The number of hydrogen-bond donors (Lipinski definition) is 0. The van der Waals surface area contributed by atoms with E-state index in [0.29, 0.717) is 0 Å². The highest BCUT2D eigenvalue weighted by molar-refractivity contribution is 5.88. The van der Waals surface area contributed by atoms with E-state index >= 15 is 0 Å². The molecule has 0 saturated heterocycles. The van der Waals surface area contributed by atoms with Gasteiger partial charge in [-0.25, -0.2) is 9.97 Å². The predicted octanol–water partition coefficient (Wildman–Crippen LogP) is 5.39. The van der Waals surface area contributed by atoms with Crippen molar-refractivity contribution >= 4 is 21.8 Å². The summed E-state index contributed by atoms with van der Waals surface area (Å²) in [5.74, 6) is 0. The normalized spacial score (nSPS) is 12.6. The molecule has 0 unspecified atom stereocenters. The molecule has 0 spiro atoms. The van der Waals surface area contributed by atoms with E-state index in [-0.39, 0.29) is 10.8 Å². The van der Waals surface area contributed by atoms with Crippen molar-refractivity contribution < 1.29 is 0 Å². The summed E-state index contributed by atoms with van der Waals surface area (Å²) in [6, 6.07) is 12.6. The first-order valence-corrected chi connectivity index (χ1v) is 9.71. The smallest absolute Gasteiger partial charge is 0.116 e. The Labute approximate surface area is 166 Å². The van der Waals surface area contributed by atoms with Gasteiger partial charge in [-0.2, -0.15) is 0 Å². The maximum absolute atomic E-state index is 4.68. The van der Waals surface area contributed by atoms with E-state index in [1.54, 1.807) is 6.33 Å². The standard InChI is InChI=1S/C24H26N4/c1-23(2,3)21-18-9-6-8-16(17(18)11-13-26-21)14-24(4,5)22-20-19(27-15-28-22)10-7-12-25-20/h6-13,15H,14H2,1-5H3. The highest BCUT2D eigenvalue weighted by Gasteiger charge is 2.27. The molecule has 0 amide bonds. The summed E-state index contributed by atoms with van der Waals surface area (Å²) < 4.78 is 0. The highest BCUT2D eigenvalue weighted by atomic mass is 14.9. The molecule has 0 radical (unpaired) electrons. The highest BCUT2D eigenvalue weighted by Crippen LogP contribution is 2.34. The molecule has 0 bridgehead atoms. The lowest BCUT2D eigenvalue weighted by Crippen LogP contribution is -2.23. The number of hydrogen-bond acceptors (Lipinski definition) is 4. The lowest BCUT2D eigenvalue weighted by atomic mass is 9.80. The van der Waals surface area contributed by atoms with Crippen LogP contribution in [0.4, 0.5) is 0 Å². The number of aromatic nitrogens is 4. The average Bonchev–Trinajstić information content (AvgIpc) is 2.66. The minimum atomic E-state index is -0.186. The van der Waals surface area contributed by atoms with Crippen LogP contribution in [0, 0.1) is 0 Å². The molecule has 0 N–H and O–H groups in total. The lowest BCUT2D eigenvalue weighted by molar-refractivity contribution is 0.510. The monoisotopic (exact) mass is 370 g/mol. The van der Waals surface area contributed by atoms with Crippen molar-refractivity contribution in [3.05, 3.63) is 72.1 Å². The van der Waals surface area contributed by atoms with Gasteiger partial charge in [0.2, 0.25) is 0 Å². The van der Waals surface area contributed by atoms with Gasteiger partial charge in [-0.05, 0) is 35.6 Å². The number of rotatable bonds is 3. The van der Waals surface area contributed by atoms with Crippen LogP contribution in [0.5, 0.6) is 0 Å². The fraction of sp³-hybridized carbons (Fsp3) is 0.333. The van der Waals surface area contributed by atoms with Gasteiger partial charge < -0.3 is 0 Å². The molecule has 4 heteroatoms. The Bertz CT molecular complexity index is 1150. The van der Waals surface area contributed by atoms with E-state index in [4.69, 9.17) is 0 Å². The number of nitrogens with zero attached hydrogens (tertiary/aromatic N) is 4. The second-order valence-corrected chi connectivity index (χ2v) is 9.08. The summed E-state index contributed by atoms with van der Waals surface area (Å²) in [5, 5.41) is 2.50. The molecule has 0 fully saturated rings. The quantitative estimate of drug-likeness (QED) is 0.485. The zero-order valence-electron chi connectivity index (χ0n) is 17.2. The SMILES string of the molecule is CC(C)(C)c1nccc2c(CC(C)(C)c3ncnc4cccnc34)cccc12.